The second kappa shape index (κ2) is 5.81. The predicted octanol–water partition coefficient (Wildman–Crippen LogP) is 2.64. The molecule has 0 bridgehead atoms. The van der Waals surface area contributed by atoms with Crippen LogP contribution in [-0.4, -0.2) is 35.8 Å². The Morgan fingerprint density at radius 3 is 2.70 bits per heavy atom. The number of nitrogen functional groups attached to an aromatic ring is 1. The fraction of sp³-hybridized carbons (Fsp3) is 0.389. The van der Waals surface area contributed by atoms with Crippen LogP contribution in [-0.2, 0) is 4.74 Å². The van der Waals surface area contributed by atoms with Crippen LogP contribution < -0.4 is 10.6 Å². The summed E-state index contributed by atoms with van der Waals surface area (Å²) in [4.78, 5) is 11.9. The zero-order valence-electron chi connectivity index (χ0n) is 13.3. The normalized spacial score (nSPS) is 21.4. The Kier molecular flexibility index (Phi) is 3.65. The van der Waals surface area contributed by atoms with Gasteiger partial charge < -0.3 is 15.4 Å². The maximum Gasteiger partial charge on any atom is 0.161 e. The number of aromatic nitrogens is 2. The van der Waals surface area contributed by atoms with Crippen molar-refractivity contribution in [1.82, 2.24) is 9.97 Å². The molecule has 1 radical (unpaired) electrons. The summed E-state index contributed by atoms with van der Waals surface area (Å²) >= 11 is 0. The Morgan fingerprint density at radius 2 is 2.00 bits per heavy atom. The molecule has 0 spiro atoms. The zero-order chi connectivity index (χ0) is 15.8. The molecule has 5 nitrogen and oxygen atoms in total. The summed E-state index contributed by atoms with van der Waals surface area (Å²) < 4.78 is 5.55. The smallest absolute Gasteiger partial charge is 0.161 e. The third-order valence-corrected chi connectivity index (χ3v) is 4.41. The van der Waals surface area contributed by atoms with Crippen LogP contribution in [0.5, 0.6) is 0 Å². The van der Waals surface area contributed by atoms with Crippen LogP contribution in [0.25, 0.3) is 11.4 Å². The van der Waals surface area contributed by atoms with E-state index in [-0.39, 0.29) is 0 Å². The van der Waals surface area contributed by atoms with Crippen LogP contribution >= 0.6 is 0 Å². The van der Waals surface area contributed by atoms with E-state index in [0.29, 0.717) is 12.0 Å². The minimum Gasteiger partial charge on any atom is -0.399 e. The zero-order valence-corrected chi connectivity index (χ0v) is 13.3. The molecular weight excluding hydrogens is 288 g/mol. The minimum absolute atomic E-state index is 0.328. The minimum atomic E-state index is 0.328. The third kappa shape index (κ3) is 3.01. The molecule has 119 valence electrons. The van der Waals surface area contributed by atoms with Crippen molar-refractivity contribution in [1.29, 1.82) is 0 Å². The van der Waals surface area contributed by atoms with Crippen molar-refractivity contribution in [3.8, 4) is 11.4 Å². The van der Waals surface area contributed by atoms with E-state index in [9.17, 15) is 0 Å². The van der Waals surface area contributed by atoms with Crippen molar-refractivity contribution in [2.24, 2.45) is 0 Å². The van der Waals surface area contributed by atoms with Crippen molar-refractivity contribution in [2.75, 3.05) is 30.4 Å². The standard InChI is InChI=1S/C18H21N4O/c1-12-11-23-9-8-22(12)17-10-16(13-2-3-13)20-18(21-17)14-4-6-15(19)7-5-14/h2,4-7,10,12-13H,3,8-9,11,19H2,1H3/t12-,13?/m0/s1. The van der Waals surface area contributed by atoms with Gasteiger partial charge in [0.25, 0.3) is 0 Å². The molecular formula is C18H21N4O. The number of morpholine rings is 1. The topological polar surface area (TPSA) is 64.3 Å². The quantitative estimate of drug-likeness (QED) is 0.883. The lowest BCUT2D eigenvalue weighted by Crippen LogP contribution is -2.44. The van der Waals surface area contributed by atoms with Gasteiger partial charge in [0, 0.05) is 35.5 Å². The van der Waals surface area contributed by atoms with Gasteiger partial charge in [-0.1, -0.05) is 0 Å². The van der Waals surface area contributed by atoms with Crippen LogP contribution in [0.4, 0.5) is 11.5 Å². The van der Waals surface area contributed by atoms with Crippen LogP contribution in [0.2, 0.25) is 0 Å². The summed E-state index contributed by atoms with van der Waals surface area (Å²) in [6.07, 6.45) is 3.39. The predicted molar refractivity (Wildman–Crippen MR) is 91.2 cm³/mol. The van der Waals surface area contributed by atoms with Gasteiger partial charge in [0.1, 0.15) is 5.82 Å². The van der Waals surface area contributed by atoms with E-state index in [1.165, 1.54) is 0 Å². The van der Waals surface area contributed by atoms with Crippen LogP contribution in [0.3, 0.4) is 0 Å². The monoisotopic (exact) mass is 309 g/mol. The molecule has 2 atom stereocenters. The molecule has 1 aliphatic carbocycles. The Hall–Kier alpha value is -2.14. The van der Waals surface area contributed by atoms with Crippen LogP contribution in [0, 0.1) is 6.42 Å². The van der Waals surface area contributed by atoms with Gasteiger partial charge in [-0.3, -0.25) is 0 Å². The molecule has 2 N–H and O–H groups in total. The van der Waals surface area contributed by atoms with E-state index in [4.69, 9.17) is 20.4 Å². The van der Waals surface area contributed by atoms with E-state index in [0.717, 1.165) is 54.8 Å². The Morgan fingerprint density at radius 1 is 1.22 bits per heavy atom. The van der Waals surface area contributed by atoms with Crippen LogP contribution in [0.1, 0.15) is 25.0 Å². The molecule has 1 saturated heterocycles. The highest BCUT2D eigenvalue weighted by molar-refractivity contribution is 5.61. The number of ether oxygens (including phenoxy) is 1. The molecule has 1 saturated carbocycles. The first kappa shape index (κ1) is 14.5. The molecule has 4 rings (SSSR count). The highest BCUT2D eigenvalue weighted by Gasteiger charge is 2.29. The molecule has 2 aromatic rings. The van der Waals surface area contributed by atoms with Gasteiger partial charge in [-0.2, -0.15) is 0 Å². The number of hydrogen-bond donors (Lipinski definition) is 1. The van der Waals surface area contributed by atoms with Gasteiger partial charge in [0.2, 0.25) is 0 Å². The Labute approximate surface area is 136 Å². The van der Waals surface area contributed by atoms with Crippen molar-refractivity contribution in [3.63, 3.8) is 0 Å². The third-order valence-electron chi connectivity index (χ3n) is 4.41. The maximum absolute atomic E-state index is 5.79. The number of hydrogen-bond acceptors (Lipinski definition) is 5. The summed E-state index contributed by atoms with van der Waals surface area (Å²) in [5.41, 5.74) is 8.66. The summed E-state index contributed by atoms with van der Waals surface area (Å²) in [6, 6.07) is 10.2. The summed E-state index contributed by atoms with van der Waals surface area (Å²) in [5.74, 6) is 2.25. The number of nitrogens with two attached hydrogens (primary N) is 1. The lowest BCUT2D eigenvalue weighted by Gasteiger charge is -2.34. The SMILES string of the molecule is C[C@H]1COCCN1c1cc(C2[CH]C2)nc(-c2ccc(N)cc2)n1. The van der Waals surface area contributed by atoms with E-state index < -0.39 is 0 Å². The molecule has 1 aliphatic heterocycles. The van der Waals surface area contributed by atoms with Crippen molar-refractivity contribution in [3.05, 3.63) is 42.4 Å². The summed E-state index contributed by atoms with van der Waals surface area (Å²) in [6.45, 7) is 4.53. The van der Waals surface area contributed by atoms with Crippen molar-refractivity contribution < 1.29 is 4.74 Å². The van der Waals surface area contributed by atoms with Crippen molar-refractivity contribution >= 4 is 11.5 Å². The average molecular weight is 309 g/mol. The maximum atomic E-state index is 5.79. The molecule has 23 heavy (non-hydrogen) atoms. The van der Waals surface area contributed by atoms with Gasteiger partial charge in [-0.15, -0.1) is 0 Å². The summed E-state index contributed by atoms with van der Waals surface area (Å²) in [7, 11) is 0. The molecule has 1 unspecified atom stereocenters. The first-order valence-corrected chi connectivity index (χ1v) is 8.13. The largest absolute Gasteiger partial charge is 0.399 e. The molecule has 1 aromatic carbocycles. The second-order valence-electron chi connectivity index (χ2n) is 6.29. The first-order chi connectivity index (χ1) is 11.2. The molecule has 2 aliphatic rings. The molecule has 1 aromatic heterocycles. The van der Waals surface area contributed by atoms with E-state index in [2.05, 4.69) is 24.3 Å². The second-order valence-corrected chi connectivity index (χ2v) is 6.29. The summed E-state index contributed by atoms with van der Waals surface area (Å²) in [5, 5.41) is 0. The number of anilines is 2. The lowest BCUT2D eigenvalue weighted by molar-refractivity contribution is 0.0985. The lowest BCUT2D eigenvalue weighted by atomic mass is 10.1. The highest BCUT2D eigenvalue weighted by atomic mass is 16.5. The van der Waals surface area contributed by atoms with Gasteiger partial charge >= 0.3 is 0 Å². The van der Waals surface area contributed by atoms with Crippen LogP contribution in [0.15, 0.2) is 30.3 Å². The van der Waals surface area contributed by atoms with Crippen molar-refractivity contribution in [2.45, 2.75) is 25.3 Å². The van der Waals surface area contributed by atoms with E-state index in [1.54, 1.807) is 0 Å². The van der Waals surface area contributed by atoms with Gasteiger partial charge in [-0.25, -0.2) is 9.97 Å². The number of nitrogens with zero attached hydrogens (tertiary/aromatic N) is 3. The Balaban J connectivity index is 1.75. The fourth-order valence-electron chi connectivity index (χ4n) is 2.93. The molecule has 0 amide bonds. The van der Waals surface area contributed by atoms with Gasteiger partial charge in [0.05, 0.1) is 19.3 Å². The Bertz CT molecular complexity index is 697. The van der Waals surface area contributed by atoms with E-state index >= 15 is 0 Å². The molecule has 5 heteroatoms. The van der Waals surface area contributed by atoms with Gasteiger partial charge in [-0.05, 0) is 44.0 Å². The fourth-order valence-corrected chi connectivity index (χ4v) is 2.93. The molecule has 2 fully saturated rings. The van der Waals surface area contributed by atoms with Gasteiger partial charge in [0.15, 0.2) is 5.82 Å². The average Bonchev–Trinajstić information content (AvgIpc) is 3.40. The van der Waals surface area contributed by atoms with E-state index in [1.807, 2.05) is 24.3 Å². The first-order valence-electron chi connectivity index (χ1n) is 8.13. The molecule has 2 heterocycles. The number of rotatable bonds is 3. The number of benzene rings is 1. The highest BCUT2D eigenvalue weighted by Crippen LogP contribution is 2.39.